The fourth-order valence-corrected chi connectivity index (χ4v) is 1.95. The highest BCUT2D eigenvalue weighted by molar-refractivity contribution is 5.68. The highest BCUT2D eigenvalue weighted by atomic mass is 16.5. The van der Waals surface area contributed by atoms with Crippen molar-refractivity contribution in [3.8, 4) is 0 Å². The standard InChI is InChI=1S/C10H16N4O3/c1-16-9-4-11-3-7(9)8-5-14(13-12-8)6-10(15)17-2/h5,7,9,11H,3-4,6H2,1-2H3/t7-,9+/m0/s1. The Morgan fingerprint density at radius 1 is 1.59 bits per heavy atom. The van der Waals surface area contributed by atoms with E-state index in [2.05, 4.69) is 20.4 Å². The second kappa shape index (κ2) is 5.24. The first-order chi connectivity index (χ1) is 8.24. The molecule has 1 aliphatic heterocycles. The van der Waals surface area contributed by atoms with E-state index in [9.17, 15) is 4.79 Å². The number of esters is 1. The van der Waals surface area contributed by atoms with Crippen molar-refractivity contribution in [3.63, 3.8) is 0 Å². The maximum Gasteiger partial charge on any atom is 0.327 e. The third kappa shape index (κ3) is 2.62. The SMILES string of the molecule is COC(=O)Cn1cc([C@@H]2CNC[C@H]2OC)nn1. The highest BCUT2D eigenvalue weighted by Crippen LogP contribution is 2.22. The van der Waals surface area contributed by atoms with E-state index >= 15 is 0 Å². The van der Waals surface area contributed by atoms with Gasteiger partial charge in [0.2, 0.25) is 0 Å². The number of nitrogens with zero attached hydrogens (tertiary/aromatic N) is 3. The van der Waals surface area contributed by atoms with Crippen molar-refractivity contribution in [2.24, 2.45) is 0 Å². The van der Waals surface area contributed by atoms with E-state index in [1.165, 1.54) is 11.8 Å². The summed E-state index contributed by atoms with van der Waals surface area (Å²) in [5.74, 6) is -0.152. The average Bonchev–Trinajstić information content (AvgIpc) is 2.95. The quantitative estimate of drug-likeness (QED) is 0.691. The van der Waals surface area contributed by atoms with E-state index in [0.717, 1.165) is 18.8 Å². The maximum absolute atomic E-state index is 11.1. The molecule has 1 aromatic heterocycles. The van der Waals surface area contributed by atoms with Crippen LogP contribution in [0.4, 0.5) is 0 Å². The summed E-state index contributed by atoms with van der Waals surface area (Å²) in [5, 5.41) is 11.2. The first-order valence-electron chi connectivity index (χ1n) is 5.45. The van der Waals surface area contributed by atoms with Gasteiger partial charge in [0.25, 0.3) is 0 Å². The van der Waals surface area contributed by atoms with Gasteiger partial charge in [-0.1, -0.05) is 5.21 Å². The van der Waals surface area contributed by atoms with Gasteiger partial charge in [-0.05, 0) is 0 Å². The summed E-state index contributed by atoms with van der Waals surface area (Å²) in [6.45, 7) is 1.71. The summed E-state index contributed by atoms with van der Waals surface area (Å²) >= 11 is 0. The van der Waals surface area contributed by atoms with Crippen LogP contribution in [0.2, 0.25) is 0 Å². The maximum atomic E-state index is 11.1. The van der Waals surface area contributed by atoms with Crippen molar-refractivity contribution >= 4 is 5.97 Å². The van der Waals surface area contributed by atoms with Gasteiger partial charge in [-0.2, -0.15) is 0 Å². The van der Waals surface area contributed by atoms with Crippen molar-refractivity contribution in [3.05, 3.63) is 11.9 Å². The van der Waals surface area contributed by atoms with Gasteiger partial charge in [-0.15, -0.1) is 5.10 Å². The molecule has 7 nitrogen and oxygen atoms in total. The first-order valence-corrected chi connectivity index (χ1v) is 5.45. The Kier molecular flexibility index (Phi) is 3.70. The zero-order valence-electron chi connectivity index (χ0n) is 9.92. The molecular formula is C10H16N4O3. The van der Waals surface area contributed by atoms with Crippen LogP contribution < -0.4 is 5.32 Å². The van der Waals surface area contributed by atoms with Gasteiger partial charge in [-0.25, -0.2) is 4.68 Å². The van der Waals surface area contributed by atoms with Crippen LogP contribution in [0, 0.1) is 0 Å². The van der Waals surface area contributed by atoms with Gasteiger partial charge in [0.15, 0.2) is 0 Å². The monoisotopic (exact) mass is 240 g/mol. The minimum atomic E-state index is -0.339. The largest absolute Gasteiger partial charge is 0.468 e. The van der Waals surface area contributed by atoms with E-state index < -0.39 is 0 Å². The van der Waals surface area contributed by atoms with Crippen molar-refractivity contribution in [1.82, 2.24) is 20.3 Å². The summed E-state index contributed by atoms with van der Waals surface area (Å²) in [6.07, 6.45) is 1.87. The number of aromatic nitrogens is 3. The fourth-order valence-electron chi connectivity index (χ4n) is 1.95. The van der Waals surface area contributed by atoms with Gasteiger partial charge in [-0.3, -0.25) is 4.79 Å². The molecule has 0 bridgehead atoms. The lowest BCUT2D eigenvalue weighted by Crippen LogP contribution is -2.19. The second-order valence-corrected chi connectivity index (χ2v) is 3.96. The molecule has 0 radical (unpaired) electrons. The van der Waals surface area contributed by atoms with Gasteiger partial charge in [0.1, 0.15) is 6.54 Å². The minimum absolute atomic E-state index is 0.0846. The number of methoxy groups -OCH3 is 2. The molecule has 1 aliphatic rings. The first kappa shape index (κ1) is 12.0. The molecular weight excluding hydrogens is 224 g/mol. The van der Waals surface area contributed by atoms with Crippen LogP contribution in [-0.2, 0) is 20.8 Å². The van der Waals surface area contributed by atoms with Crippen LogP contribution in [-0.4, -0.2) is 54.4 Å². The Morgan fingerprint density at radius 2 is 2.41 bits per heavy atom. The molecule has 2 atom stereocenters. The van der Waals surface area contributed by atoms with E-state index in [4.69, 9.17) is 4.74 Å². The Labute approximate surface area is 99.1 Å². The second-order valence-electron chi connectivity index (χ2n) is 3.96. The Morgan fingerprint density at radius 3 is 3.12 bits per heavy atom. The topological polar surface area (TPSA) is 78.3 Å². The number of carbonyl (C=O) groups is 1. The van der Waals surface area contributed by atoms with Crippen molar-refractivity contribution in [2.75, 3.05) is 27.3 Å². The lowest BCUT2D eigenvalue weighted by molar-refractivity contribution is -0.141. The third-order valence-corrected chi connectivity index (χ3v) is 2.92. The molecule has 1 fully saturated rings. The van der Waals surface area contributed by atoms with Crippen LogP contribution >= 0.6 is 0 Å². The molecule has 0 amide bonds. The number of hydrogen-bond donors (Lipinski definition) is 1. The molecule has 0 unspecified atom stereocenters. The van der Waals surface area contributed by atoms with Crippen molar-refractivity contribution in [1.29, 1.82) is 0 Å². The molecule has 2 rings (SSSR count). The Balaban J connectivity index is 2.04. The zero-order chi connectivity index (χ0) is 12.3. The molecule has 0 aliphatic carbocycles. The molecule has 94 valence electrons. The molecule has 1 N–H and O–H groups in total. The van der Waals surface area contributed by atoms with Crippen LogP contribution in [0.3, 0.4) is 0 Å². The highest BCUT2D eigenvalue weighted by Gasteiger charge is 2.30. The van der Waals surface area contributed by atoms with E-state index in [-0.39, 0.29) is 24.5 Å². The summed E-state index contributed by atoms with van der Waals surface area (Å²) in [5.41, 5.74) is 0.839. The molecule has 0 saturated carbocycles. The average molecular weight is 240 g/mol. The number of carbonyl (C=O) groups excluding carboxylic acids is 1. The smallest absolute Gasteiger partial charge is 0.327 e. The van der Waals surface area contributed by atoms with Crippen molar-refractivity contribution in [2.45, 2.75) is 18.6 Å². The lowest BCUT2D eigenvalue weighted by atomic mass is 10.0. The zero-order valence-corrected chi connectivity index (χ0v) is 9.92. The number of ether oxygens (including phenoxy) is 2. The Bertz CT molecular complexity index is 393. The molecule has 1 saturated heterocycles. The van der Waals surface area contributed by atoms with Crippen LogP contribution in [0.25, 0.3) is 0 Å². The predicted molar refractivity (Wildman–Crippen MR) is 58.4 cm³/mol. The van der Waals surface area contributed by atoms with Gasteiger partial charge in [0.05, 0.1) is 18.9 Å². The lowest BCUT2D eigenvalue weighted by Gasteiger charge is -2.13. The van der Waals surface area contributed by atoms with Gasteiger partial charge >= 0.3 is 5.97 Å². The molecule has 7 heteroatoms. The van der Waals surface area contributed by atoms with E-state index in [1.54, 1.807) is 13.3 Å². The molecule has 0 aromatic carbocycles. The summed E-state index contributed by atoms with van der Waals surface area (Å²) < 4.78 is 11.4. The third-order valence-electron chi connectivity index (χ3n) is 2.92. The van der Waals surface area contributed by atoms with E-state index in [1.807, 2.05) is 0 Å². The van der Waals surface area contributed by atoms with Gasteiger partial charge < -0.3 is 14.8 Å². The van der Waals surface area contributed by atoms with E-state index in [0.29, 0.717) is 0 Å². The molecule has 2 heterocycles. The number of hydrogen-bond acceptors (Lipinski definition) is 6. The summed E-state index contributed by atoms with van der Waals surface area (Å²) in [7, 11) is 3.03. The Hall–Kier alpha value is -1.47. The molecule has 17 heavy (non-hydrogen) atoms. The minimum Gasteiger partial charge on any atom is -0.468 e. The number of nitrogens with one attached hydrogen (secondary N) is 1. The predicted octanol–water partition coefficient (Wildman–Crippen LogP) is -0.847. The van der Waals surface area contributed by atoms with Crippen LogP contribution in [0.1, 0.15) is 11.6 Å². The summed E-state index contributed by atoms with van der Waals surface area (Å²) in [4.78, 5) is 11.1. The van der Waals surface area contributed by atoms with Crippen LogP contribution in [0.5, 0.6) is 0 Å². The molecule has 1 aromatic rings. The van der Waals surface area contributed by atoms with Crippen molar-refractivity contribution < 1.29 is 14.3 Å². The fraction of sp³-hybridized carbons (Fsp3) is 0.700. The molecule has 0 spiro atoms. The number of rotatable bonds is 4. The summed E-state index contributed by atoms with van der Waals surface area (Å²) in [6, 6.07) is 0. The normalized spacial score (nSPS) is 23.9. The van der Waals surface area contributed by atoms with Gasteiger partial charge in [0, 0.05) is 32.3 Å². The van der Waals surface area contributed by atoms with Crippen LogP contribution in [0.15, 0.2) is 6.20 Å².